The van der Waals surface area contributed by atoms with E-state index in [2.05, 4.69) is 0 Å². The molecule has 5 nitrogen and oxygen atoms in total. The second-order valence-electron chi connectivity index (χ2n) is 3.11. The molecule has 0 radical (unpaired) electrons. The average molecular weight is 266 g/mol. The highest BCUT2D eigenvalue weighted by Gasteiger charge is 2.26. The standard InChI is InChI=1S/C9H12F2N2O3S/c1-16-7-4-2-3-6(5-12)8(7)13-17(14,15)9(10)11/h2-4,9,13H,5,12H2,1H3. The van der Waals surface area contributed by atoms with Crippen molar-refractivity contribution in [3.05, 3.63) is 23.8 Å². The van der Waals surface area contributed by atoms with Crippen LogP contribution in [-0.2, 0) is 16.6 Å². The van der Waals surface area contributed by atoms with Gasteiger partial charge in [0.15, 0.2) is 0 Å². The molecule has 8 heteroatoms. The number of rotatable bonds is 5. The lowest BCUT2D eigenvalue weighted by atomic mass is 10.1. The molecule has 0 spiro atoms. The van der Waals surface area contributed by atoms with Crippen molar-refractivity contribution >= 4 is 15.7 Å². The van der Waals surface area contributed by atoms with Gasteiger partial charge in [-0.3, -0.25) is 4.72 Å². The zero-order valence-electron chi connectivity index (χ0n) is 8.98. The molecule has 1 rings (SSSR count). The molecular weight excluding hydrogens is 254 g/mol. The zero-order chi connectivity index (χ0) is 13.1. The van der Waals surface area contributed by atoms with Crippen LogP contribution in [0, 0.1) is 0 Å². The summed E-state index contributed by atoms with van der Waals surface area (Å²) in [5.74, 6) is -3.38. The molecule has 0 saturated heterocycles. The van der Waals surface area contributed by atoms with E-state index in [1.807, 2.05) is 0 Å². The van der Waals surface area contributed by atoms with E-state index in [1.54, 1.807) is 10.8 Å². The summed E-state index contributed by atoms with van der Waals surface area (Å²) >= 11 is 0. The van der Waals surface area contributed by atoms with Gasteiger partial charge in [0.05, 0.1) is 12.8 Å². The lowest BCUT2D eigenvalue weighted by Crippen LogP contribution is -2.22. The van der Waals surface area contributed by atoms with Crippen molar-refractivity contribution in [3.8, 4) is 5.75 Å². The number of alkyl halides is 2. The normalized spacial score (nSPS) is 11.6. The van der Waals surface area contributed by atoms with Crippen molar-refractivity contribution in [2.24, 2.45) is 5.73 Å². The van der Waals surface area contributed by atoms with Crippen LogP contribution in [0.25, 0.3) is 0 Å². The van der Waals surface area contributed by atoms with Gasteiger partial charge in [0.1, 0.15) is 5.75 Å². The zero-order valence-corrected chi connectivity index (χ0v) is 9.80. The fourth-order valence-electron chi connectivity index (χ4n) is 1.22. The van der Waals surface area contributed by atoms with Gasteiger partial charge in [0.2, 0.25) is 0 Å². The lowest BCUT2D eigenvalue weighted by molar-refractivity contribution is 0.236. The first-order valence-corrected chi connectivity index (χ1v) is 6.12. The van der Waals surface area contributed by atoms with Gasteiger partial charge in [-0.2, -0.15) is 8.78 Å². The smallest absolute Gasteiger partial charge is 0.355 e. The van der Waals surface area contributed by atoms with Crippen molar-refractivity contribution in [1.29, 1.82) is 0 Å². The Balaban J connectivity index is 3.21. The molecule has 1 aromatic rings. The third-order valence-electron chi connectivity index (χ3n) is 2.03. The highest BCUT2D eigenvalue weighted by atomic mass is 32.2. The van der Waals surface area contributed by atoms with Crippen LogP contribution >= 0.6 is 0 Å². The van der Waals surface area contributed by atoms with Crippen molar-refractivity contribution in [2.45, 2.75) is 12.3 Å². The molecule has 0 fully saturated rings. The van der Waals surface area contributed by atoms with Crippen LogP contribution in [0.15, 0.2) is 18.2 Å². The minimum absolute atomic E-state index is 0.00170. The van der Waals surface area contributed by atoms with Crippen LogP contribution in [0.5, 0.6) is 5.75 Å². The number of ether oxygens (including phenoxy) is 1. The largest absolute Gasteiger partial charge is 0.495 e. The van der Waals surface area contributed by atoms with Crippen LogP contribution in [-0.4, -0.2) is 21.3 Å². The number of sulfonamides is 1. The molecule has 0 amide bonds. The highest BCUT2D eigenvalue weighted by Crippen LogP contribution is 2.29. The van der Waals surface area contributed by atoms with Gasteiger partial charge in [-0.15, -0.1) is 0 Å². The maximum absolute atomic E-state index is 12.2. The Morgan fingerprint density at radius 1 is 1.47 bits per heavy atom. The number of hydrogen-bond acceptors (Lipinski definition) is 4. The topological polar surface area (TPSA) is 81.4 Å². The van der Waals surface area contributed by atoms with Gasteiger partial charge >= 0.3 is 5.76 Å². The fraction of sp³-hybridized carbons (Fsp3) is 0.333. The van der Waals surface area contributed by atoms with Crippen LogP contribution in [0.1, 0.15) is 5.56 Å². The van der Waals surface area contributed by atoms with Gasteiger partial charge in [-0.05, 0) is 11.6 Å². The van der Waals surface area contributed by atoms with E-state index in [1.165, 1.54) is 19.2 Å². The van der Waals surface area contributed by atoms with E-state index in [0.717, 1.165) is 0 Å². The van der Waals surface area contributed by atoms with Crippen molar-refractivity contribution in [2.75, 3.05) is 11.8 Å². The van der Waals surface area contributed by atoms with Crippen molar-refractivity contribution in [3.63, 3.8) is 0 Å². The molecule has 3 N–H and O–H groups in total. The summed E-state index contributed by atoms with van der Waals surface area (Å²) in [5.41, 5.74) is 5.70. The molecule has 0 aliphatic heterocycles. The Bertz CT molecular complexity index is 469. The average Bonchev–Trinajstić information content (AvgIpc) is 2.28. The Hall–Kier alpha value is -1.41. The summed E-state index contributed by atoms with van der Waals surface area (Å²) in [6.45, 7) is -0.00170. The van der Waals surface area contributed by atoms with E-state index in [0.29, 0.717) is 5.56 Å². The van der Waals surface area contributed by atoms with Crippen LogP contribution in [0.2, 0.25) is 0 Å². The summed E-state index contributed by atoms with van der Waals surface area (Å²) in [7, 11) is -3.43. The predicted octanol–water partition coefficient (Wildman–Crippen LogP) is 1.12. The molecule has 17 heavy (non-hydrogen) atoms. The van der Waals surface area contributed by atoms with E-state index in [-0.39, 0.29) is 18.0 Å². The number of hydrogen-bond donors (Lipinski definition) is 2. The van der Waals surface area contributed by atoms with E-state index in [9.17, 15) is 17.2 Å². The first-order chi connectivity index (χ1) is 7.92. The summed E-state index contributed by atoms with van der Waals surface area (Å²) in [5, 5.41) is 0. The Morgan fingerprint density at radius 2 is 2.12 bits per heavy atom. The summed E-state index contributed by atoms with van der Waals surface area (Å²) in [4.78, 5) is 0. The van der Waals surface area contributed by atoms with Crippen LogP contribution in [0.3, 0.4) is 0 Å². The van der Waals surface area contributed by atoms with Gasteiger partial charge in [0, 0.05) is 6.54 Å². The molecule has 0 aliphatic rings. The molecule has 0 unspecified atom stereocenters. The van der Waals surface area contributed by atoms with Gasteiger partial charge < -0.3 is 10.5 Å². The summed E-state index contributed by atoms with van der Waals surface area (Å²) < 4.78 is 53.3. The minimum Gasteiger partial charge on any atom is -0.495 e. The molecule has 0 aromatic heterocycles. The van der Waals surface area contributed by atoms with Crippen molar-refractivity contribution in [1.82, 2.24) is 0 Å². The number of benzene rings is 1. The lowest BCUT2D eigenvalue weighted by Gasteiger charge is -2.14. The number of nitrogens with one attached hydrogen (secondary N) is 1. The first-order valence-electron chi connectivity index (χ1n) is 4.58. The summed E-state index contributed by atoms with van der Waals surface area (Å²) in [6, 6.07) is 4.55. The van der Waals surface area contributed by atoms with Crippen molar-refractivity contribution < 1.29 is 21.9 Å². The van der Waals surface area contributed by atoms with E-state index < -0.39 is 15.8 Å². The van der Waals surface area contributed by atoms with Gasteiger partial charge in [-0.25, -0.2) is 8.42 Å². The molecule has 1 aromatic carbocycles. The molecule has 0 saturated carbocycles. The van der Waals surface area contributed by atoms with Crippen LogP contribution < -0.4 is 15.2 Å². The Labute approximate surface area is 97.6 Å². The minimum atomic E-state index is -4.74. The third-order valence-corrected chi connectivity index (χ3v) is 2.99. The number of para-hydroxylation sites is 1. The first kappa shape index (κ1) is 13.7. The molecule has 0 atom stereocenters. The molecule has 0 bridgehead atoms. The third kappa shape index (κ3) is 3.04. The predicted molar refractivity (Wildman–Crippen MR) is 59.4 cm³/mol. The monoisotopic (exact) mass is 266 g/mol. The quantitative estimate of drug-likeness (QED) is 0.836. The fourth-order valence-corrected chi connectivity index (χ4v) is 1.82. The second-order valence-corrected chi connectivity index (χ2v) is 4.76. The molecular formula is C9H12F2N2O3S. The highest BCUT2D eigenvalue weighted by molar-refractivity contribution is 7.93. The number of halogens is 2. The number of anilines is 1. The number of nitrogens with two attached hydrogens (primary N) is 1. The maximum Gasteiger partial charge on any atom is 0.355 e. The molecule has 96 valence electrons. The Kier molecular flexibility index (Phi) is 4.24. The SMILES string of the molecule is COc1cccc(CN)c1NS(=O)(=O)C(F)F. The van der Waals surface area contributed by atoms with Crippen LogP contribution in [0.4, 0.5) is 14.5 Å². The summed E-state index contributed by atoms with van der Waals surface area (Å²) in [6.07, 6.45) is 0. The van der Waals surface area contributed by atoms with Gasteiger partial charge in [-0.1, -0.05) is 12.1 Å². The number of methoxy groups -OCH3 is 1. The van der Waals surface area contributed by atoms with E-state index in [4.69, 9.17) is 10.5 Å². The molecule has 0 heterocycles. The van der Waals surface area contributed by atoms with Gasteiger partial charge in [0.25, 0.3) is 10.0 Å². The maximum atomic E-state index is 12.2. The molecule has 0 aliphatic carbocycles. The second kappa shape index (κ2) is 5.28. The Morgan fingerprint density at radius 3 is 2.59 bits per heavy atom. The van der Waals surface area contributed by atoms with E-state index >= 15 is 0 Å².